The fraction of sp³-hybridized carbons (Fsp3) is 0.278. The third kappa shape index (κ3) is 3.75. The predicted molar refractivity (Wildman–Crippen MR) is 104 cm³/mol. The lowest BCUT2D eigenvalue weighted by atomic mass is 10.2. The van der Waals surface area contributed by atoms with Crippen molar-refractivity contribution in [3.63, 3.8) is 0 Å². The lowest BCUT2D eigenvalue weighted by Gasteiger charge is -2.15. The Morgan fingerprint density at radius 1 is 1.15 bits per heavy atom. The first kappa shape index (κ1) is 18.1. The molecule has 8 heteroatoms. The van der Waals surface area contributed by atoms with Crippen LogP contribution in [0.25, 0.3) is 11.0 Å². The molecule has 0 aliphatic rings. The van der Waals surface area contributed by atoms with E-state index >= 15 is 0 Å². The number of aromatic amines is 1. The second kappa shape index (κ2) is 6.87. The first-order chi connectivity index (χ1) is 12.3. The van der Waals surface area contributed by atoms with Crippen molar-refractivity contribution in [2.45, 2.75) is 24.8 Å². The van der Waals surface area contributed by atoms with E-state index in [4.69, 9.17) is 4.74 Å². The number of rotatable bonds is 6. The van der Waals surface area contributed by atoms with E-state index in [9.17, 15) is 8.42 Å². The Morgan fingerprint density at radius 3 is 2.58 bits per heavy atom. The van der Waals surface area contributed by atoms with Gasteiger partial charge in [0, 0.05) is 41.7 Å². The largest absolute Gasteiger partial charge is 0.495 e. The Balaban J connectivity index is 2.01. The van der Waals surface area contributed by atoms with Crippen molar-refractivity contribution in [2.24, 2.45) is 0 Å². The van der Waals surface area contributed by atoms with Crippen molar-refractivity contribution >= 4 is 38.1 Å². The van der Waals surface area contributed by atoms with E-state index in [-0.39, 0.29) is 10.9 Å². The zero-order chi connectivity index (χ0) is 18.9. The van der Waals surface area contributed by atoms with Gasteiger partial charge in [-0.2, -0.15) is 0 Å². The molecule has 0 spiro atoms. The number of pyridine rings is 1. The number of hydrogen-bond donors (Lipinski definition) is 3. The van der Waals surface area contributed by atoms with Gasteiger partial charge in [-0.05, 0) is 32.0 Å². The van der Waals surface area contributed by atoms with Crippen molar-refractivity contribution in [3.8, 4) is 5.75 Å². The average Bonchev–Trinajstić information content (AvgIpc) is 3.02. The molecule has 26 heavy (non-hydrogen) atoms. The Bertz CT molecular complexity index is 1040. The SMILES string of the molecule is COc1cc(S(C)(=O)=O)ccc1Nc1cc(NC(C)C)c2cc[nH]c2n1. The Hall–Kier alpha value is -2.74. The number of H-pyrrole nitrogens is 1. The molecule has 3 rings (SSSR count). The highest BCUT2D eigenvalue weighted by molar-refractivity contribution is 7.90. The van der Waals surface area contributed by atoms with Crippen LogP contribution < -0.4 is 15.4 Å². The number of benzene rings is 1. The van der Waals surface area contributed by atoms with Crippen LogP contribution in [-0.4, -0.2) is 37.8 Å². The topological polar surface area (TPSA) is 96.1 Å². The third-order valence-corrected chi connectivity index (χ3v) is 4.95. The summed E-state index contributed by atoms with van der Waals surface area (Å²) in [6, 6.07) is 8.87. The van der Waals surface area contributed by atoms with Crippen LogP contribution in [0.5, 0.6) is 5.75 Å². The van der Waals surface area contributed by atoms with E-state index in [0.29, 0.717) is 17.3 Å². The van der Waals surface area contributed by atoms with Crippen LogP contribution in [-0.2, 0) is 9.84 Å². The summed E-state index contributed by atoms with van der Waals surface area (Å²) in [6.07, 6.45) is 3.01. The van der Waals surface area contributed by atoms with E-state index in [1.807, 2.05) is 18.3 Å². The quantitative estimate of drug-likeness (QED) is 0.611. The average molecular weight is 374 g/mol. The molecule has 3 N–H and O–H groups in total. The van der Waals surface area contributed by atoms with Gasteiger partial charge in [-0.3, -0.25) is 0 Å². The fourth-order valence-corrected chi connectivity index (χ4v) is 3.31. The van der Waals surface area contributed by atoms with Crippen LogP contribution in [0.1, 0.15) is 13.8 Å². The summed E-state index contributed by atoms with van der Waals surface area (Å²) in [4.78, 5) is 7.88. The molecule has 2 aromatic heterocycles. The first-order valence-corrected chi connectivity index (χ1v) is 10.1. The highest BCUT2D eigenvalue weighted by atomic mass is 32.2. The van der Waals surface area contributed by atoms with Crippen molar-refractivity contribution < 1.29 is 13.2 Å². The maximum absolute atomic E-state index is 11.7. The molecule has 2 heterocycles. The molecule has 1 aromatic carbocycles. The van der Waals surface area contributed by atoms with Gasteiger partial charge in [-0.1, -0.05) is 0 Å². The van der Waals surface area contributed by atoms with E-state index in [2.05, 4.69) is 34.4 Å². The van der Waals surface area contributed by atoms with E-state index in [1.54, 1.807) is 12.1 Å². The van der Waals surface area contributed by atoms with Gasteiger partial charge in [0.05, 0.1) is 17.7 Å². The molecule has 0 bridgehead atoms. The molecular formula is C18H22N4O3S. The minimum Gasteiger partial charge on any atom is -0.495 e. The number of ether oxygens (including phenoxy) is 1. The number of anilines is 3. The molecular weight excluding hydrogens is 352 g/mol. The summed E-state index contributed by atoms with van der Waals surface area (Å²) in [5.74, 6) is 1.05. The van der Waals surface area contributed by atoms with Crippen LogP contribution in [0.4, 0.5) is 17.2 Å². The minimum atomic E-state index is -3.30. The van der Waals surface area contributed by atoms with Gasteiger partial charge in [-0.15, -0.1) is 0 Å². The fourth-order valence-electron chi connectivity index (χ4n) is 2.68. The smallest absolute Gasteiger partial charge is 0.175 e. The lowest BCUT2D eigenvalue weighted by molar-refractivity contribution is 0.415. The Kier molecular flexibility index (Phi) is 4.78. The zero-order valence-corrected chi connectivity index (χ0v) is 15.9. The van der Waals surface area contributed by atoms with E-state index in [0.717, 1.165) is 16.7 Å². The zero-order valence-electron chi connectivity index (χ0n) is 15.1. The monoisotopic (exact) mass is 374 g/mol. The number of fused-ring (bicyclic) bond motifs is 1. The van der Waals surface area contributed by atoms with Gasteiger partial charge >= 0.3 is 0 Å². The van der Waals surface area contributed by atoms with Gasteiger partial charge in [0.25, 0.3) is 0 Å². The molecule has 0 saturated heterocycles. The molecule has 0 aliphatic heterocycles. The molecule has 138 valence electrons. The second-order valence-electron chi connectivity index (χ2n) is 6.35. The molecule has 7 nitrogen and oxygen atoms in total. The Labute approximate surface area is 152 Å². The predicted octanol–water partition coefficient (Wildman–Crippen LogP) is 3.54. The molecule has 0 radical (unpaired) electrons. The highest BCUT2D eigenvalue weighted by Gasteiger charge is 2.13. The molecule has 0 unspecified atom stereocenters. The molecule has 0 aliphatic carbocycles. The van der Waals surface area contributed by atoms with Crippen molar-refractivity contribution in [1.29, 1.82) is 0 Å². The normalized spacial score (nSPS) is 11.7. The maximum atomic E-state index is 11.7. The van der Waals surface area contributed by atoms with Gasteiger partial charge in [0.15, 0.2) is 9.84 Å². The second-order valence-corrected chi connectivity index (χ2v) is 8.37. The number of nitrogens with zero attached hydrogens (tertiary/aromatic N) is 1. The summed E-state index contributed by atoms with van der Waals surface area (Å²) in [6.45, 7) is 4.14. The molecule has 0 atom stereocenters. The van der Waals surface area contributed by atoms with Crippen LogP contribution in [0.3, 0.4) is 0 Å². The number of nitrogens with one attached hydrogen (secondary N) is 3. The van der Waals surface area contributed by atoms with Crippen molar-refractivity contribution in [1.82, 2.24) is 9.97 Å². The van der Waals surface area contributed by atoms with Crippen molar-refractivity contribution in [3.05, 3.63) is 36.5 Å². The summed E-state index contributed by atoms with van der Waals surface area (Å²) in [7, 11) is -1.81. The lowest BCUT2D eigenvalue weighted by Crippen LogP contribution is -2.10. The Morgan fingerprint density at radius 2 is 1.92 bits per heavy atom. The standard InChI is InChI=1S/C18H22N4O3S/c1-11(2)20-15-10-17(22-18-13(15)7-8-19-18)21-14-6-5-12(26(4,23)24)9-16(14)25-3/h5-11H,1-4H3,(H3,19,20,21,22). The van der Waals surface area contributed by atoms with E-state index in [1.165, 1.54) is 19.4 Å². The molecule has 0 fully saturated rings. The van der Waals surface area contributed by atoms with E-state index < -0.39 is 9.84 Å². The molecule has 3 aromatic rings. The minimum absolute atomic E-state index is 0.204. The number of methoxy groups -OCH3 is 1. The van der Waals surface area contributed by atoms with Crippen LogP contribution in [0, 0.1) is 0 Å². The van der Waals surface area contributed by atoms with Gasteiger partial charge in [-0.25, -0.2) is 13.4 Å². The van der Waals surface area contributed by atoms with Crippen LogP contribution in [0.15, 0.2) is 41.4 Å². The summed E-state index contributed by atoms with van der Waals surface area (Å²) >= 11 is 0. The van der Waals surface area contributed by atoms with Gasteiger partial charge in [0.1, 0.15) is 17.2 Å². The maximum Gasteiger partial charge on any atom is 0.175 e. The summed E-state index contributed by atoms with van der Waals surface area (Å²) in [5, 5.41) is 7.62. The van der Waals surface area contributed by atoms with Gasteiger partial charge < -0.3 is 20.4 Å². The first-order valence-electron chi connectivity index (χ1n) is 8.17. The summed E-state index contributed by atoms with van der Waals surface area (Å²) in [5.41, 5.74) is 2.35. The number of sulfone groups is 1. The van der Waals surface area contributed by atoms with Gasteiger partial charge in [0.2, 0.25) is 0 Å². The number of hydrogen-bond acceptors (Lipinski definition) is 6. The van der Waals surface area contributed by atoms with Crippen molar-refractivity contribution in [2.75, 3.05) is 24.0 Å². The highest BCUT2D eigenvalue weighted by Crippen LogP contribution is 2.32. The van der Waals surface area contributed by atoms with Crippen LogP contribution in [0.2, 0.25) is 0 Å². The number of aromatic nitrogens is 2. The molecule has 0 saturated carbocycles. The molecule has 0 amide bonds. The third-order valence-electron chi connectivity index (χ3n) is 3.84. The van der Waals surface area contributed by atoms with Crippen LogP contribution >= 0.6 is 0 Å². The summed E-state index contributed by atoms with van der Waals surface area (Å²) < 4.78 is 28.8.